The van der Waals surface area contributed by atoms with Crippen LogP contribution in [0.1, 0.15) is 31.8 Å². The normalized spacial score (nSPS) is 11.2. The van der Waals surface area contributed by atoms with Crippen LogP contribution >= 0.6 is 0 Å². The minimum atomic E-state index is -0.851. The summed E-state index contributed by atoms with van der Waals surface area (Å²) < 4.78 is 16.9. The van der Waals surface area contributed by atoms with Gasteiger partial charge in [0.05, 0.1) is 17.6 Å². The topological polar surface area (TPSA) is 111 Å². The number of hydrogen-bond donors (Lipinski definition) is 2. The zero-order chi connectivity index (χ0) is 22.3. The average Bonchev–Trinajstić information content (AvgIpc) is 3.06. The van der Waals surface area contributed by atoms with Gasteiger partial charge < -0.3 is 11.1 Å². The molecule has 158 valence electrons. The van der Waals surface area contributed by atoms with Gasteiger partial charge in [0.2, 0.25) is 5.91 Å². The van der Waals surface area contributed by atoms with Crippen LogP contribution < -0.4 is 16.7 Å². The minimum absolute atomic E-state index is 0.0249. The van der Waals surface area contributed by atoms with Crippen LogP contribution in [0, 0.1) is 19.7 Å². The van der Waals surface area contributed by atoms with Crippen molar-refractivity contribution < 1.29 is 14.0 Å². The van der Waals surface area contributed by atoms with Crippen LogP contribution in [0.15, 0.2) is 47.3 Å². The van der Waals surface area contributed by atoms with E-state index in [-0.39, 0.29) is 29.9 Å². The number of aryl methyl sites for hydroxylation is 2. The highest BCUT2D eigenvalue weighted by Crippen LogP contribution is 2.19. The summed E-state index contributed by atoms with van der Waals surface area (Å²) in [6.07, 6.45) is 0. The number of carbonyl (C=O) groups is 2. The summed E-state index contributed by atoms with van der Waals surface area (Å²) in [7, 11) is 0. The maximum Gasteiger partial charge on any atom is 0.350 e. The van der Waals surface area contributed by atoms with E-state index in [1.54, 1.807) is 4.40 Å². The van der Waals surface area contributed by atoms with Gasteiger partial charge in [-0.05, 0) is 60.7 Å². The Morgan fingerprint density at radius 3 is 2.61 bits per heavy atom. The molecule has 31 heavy (non-hydrogen) atoms. The van der Waals surface area contributed by atoms with Gasteiger partial charge in [-0.1, -0.05) is 12.1 Å². The summed E-state index contributed by atoms with van der Waals surface area (Å²) in [6.45, 7) is 4.01. The summed E-state index contributed by atoms with van der Waals surface area (Å²) in [5, 5.41) is 7.90. The first-order chi connectivity index (χ1) is 14.8. The van der Waals surface area contributed by atoms with Crippen molar-refractivity contribution in [2.75, 3.05) is 6.54 Å². The Labute approximate surface area is 176 Å². The molecule has 0 saturated heterocycles. The molecule has 0 radical (unpaired) electrons. The summed E-state index contributed by atoms with van der Waals surface area (Å²) in [5.41, 5.74) is 7.73. The number of hydrogen-bond acceptors (Lipinski definition) is 4. The van der Waals surface area contributed by atoms with E-state index in [0.29, 0.717) is 5.65 Å². The predicted octanol–water partition coefficient (Wildman–Crippen LogP) is 1.93. The fraction of sp³-hybridized carbons (Fsp3) is 0.182. The van der Waals surface area contributed by atoms with Gasteiger partial charge in [-0.15, -0.1) is 5.10 Å². The molecule has 0 atom stereocenters. The molecule has 2 aromatic heterocycles. The maximum absolute atomic E-state index is 14.1. The fourth-order valence-corrected chi connectivity index (χ4v) is 3.52. The first kappa shape index (κ1) is 20.3. The number of amides is 2. The quantitative estimate of drug-likeness (QED) is 0.513. The molecular formula is C22H20FN5O3. The van der Waals surface area contributed by atoms with Crippen LogP contribution in [0.3, 0.4) is 0 Å². The van der Waals surface area contributed by atoms with Crippen molar-refractivity contribution in [3.05, 3.63) is 81.0 Å². The molecule has 2 heterocycles. The smallest absolute Gasteiger partial charge is 0.350 e. The second-order valence-electron chi connectivity index (χ2n) is 7.37. The van der Waals surface area contributed by atoms with E-state index in [1.165, 1.54) is 16.8 Å². The SMILES string of the molecule is Cc1ccc2cc(C)c3nn(CCNC(=O)c4ccc(C(N)=O)cc4F)c(=O)n3c2c1. The van der Waals surface area contributed by atoms with Crippen LogP contribution in [0.5, 0.6) is 0 Å². The highest BCUT2D eigenvalue weighted by molar-refractivity contribution is 5.97. The molecule has 0 aliphatic rings. The number of halogens is 1. The van der Waals surface area contributed by atoms with E-state index in [0.717, 1.165) is 28.1 Å². The molecule has 0 unspecified atom stereocenters. The Morgan fingerprint density at radius 2 is 1.90 bits per heavy atom. The largest absolute Gasteiger partial charge is 0.366 e. The molecule has 0 bridgehead atoms. The molecule has 0 aliphatic heterocycles. The highest BCUT2D eigenvalue weighted by Gasteiger charge is 2.15. The van der Waals surface area contributed by atoms with Gasteiger partial charge in [0.25, 0.3) is 5.91 Å². The second kappa shape index (κ2) is 7.67. The minimum Gasteiger partial charge on any atom is -0.366 e. The van der Waals surface area contributed by atoms with Crippen molar-refractivity contribution in [3.63, 3.8) is 0 Å². The van der Waals surface area contributed by atoms with Gasteiger partial charge in [-0.3, -0.25) is 9.59 Å². The van der Waals surface area contributed by atoms with Crippen LogP contribution in [0.4, 0.5) is 4.39 Å². The van der Waals surface area contributed by atoms with Crippen LogP contribution in [-0.2, 0) is 6.54 Å². The van der Waals surface area contributed by atoms with Crippen molar-refractivity contribution in [1.29, 1.82) is 0 Å². The van der Waals surface area contributed by atoms with Crippen molar-refractivity contribution in [1.82, 2.24) is 19.5 Å². The zero-order valence-electron chi connectivity index (χ0n) is 17.0. The van der Waals surface area contributed by atoms with E-state index in [4.69, 9.17) is 5.73 Å². The van der Waals surface area contributed by atoms with Gasteiger partial charge in [0, 0.05) is 12.1 Å². The molecule has 0 aliphatic carbocycles. The van der Waals surface area contributed by atoms with Gasteiger partial charge in [0.1, 0.15) is 5.82 Å². The Bertz CT molecular complexity index is 1420. The zero-order valence-corrected chi connectivity index (χ0v) is 17.0. The molecule has 3 N–H and O–H groups in total. The predicted molar refractivity (Wildman–Crippen MR) is 114 cm³/mol. The Morgan fingerprint density at radius 1 is 1.13 bits per heavy atom. The number of pyridine rings is 1. The number of primary amides is 1. The van der Waals surface area contributed by atoms with Crippen molar-refractivity contribution in [3.8, 4) is 0 Å². The number of nitrogens with zero attached hydrogens (tertiary/aromatic N) is 3. The van der Waals surface area contributed by atoms with Crippen LogP contribution in [0.2, 0.25) is 0 Å². The number of nitrogens with one attached hydrogen (secondary N) is 1. The molecule has 0 saturated carbocycles. The molecule has 0 fully saturated rings. The fourth-order valence-electron chi connectivity index (χ4n) is 3.52. The van der Waals surface area contributed by atoms with E-state index in [2.05, 4.69) is 10.4 Å². The second-order valence-corrected chi connectivity index (χ2v) is 7.37. The van der Waals surface area contributed by atoms with E-state index in [9.17, 15) is 18.8 Å². The van der Waals surface area contributed by atoms with Gasteiger partial charge in [0.15, 0.2) is 5.65 Å². The Kier molecular flexibility index (Phi) is 5.02. The lowest BCUT2D eigenvalue weighted by molar-refractivity contribution is 0.0944. The molecule has 8 nitrogen and oxygen atoms in total. The number of nitrogens with two attached hydrogens (primary N) is 1. The van der Waals surface area contributed by atoms with Crippen molar-refractivity contribution in [2.45, 2.75) is 20.4 Å². The first-order valence-corrected chi connectivity index (χ1v) is 9.63. The van der Waals surface area contributed by atoms with Crippen LogP contribution in [0.25, 0.3) is 16.6 Å². The summed E-state index contributed by atoms with van der Waals surface area (Å²) >= 11 is 0. The number of carbonyl (C=O) groups excluding carboxylic acids is 2. The third-order valence-electron chi connectivity index (χ3n) is 5.10. The van der Waals surface area contributed by atoms with Crippen molar-refractivity contribution in [2.24, 2.45) is 5.73 Å². The lowest BCUT2D eigenvalue weighted by Gasteiger charge is -2.06. The maximum atomic E-state index is 14.1. The molecule has 4 aromatic rings. The summed E-state index contributed by atoms with van der Waals surface area (Å²) in [4.78, 5) is 36.3. The lowest BCUT2D eigenvalue weighted by Crippen LogP contribution is -2.31. The first-order valence-electron chi connectivity index (χ1n) is 9.63. The van der Waals surface area contributed by atoms with Gasteiger partial charge in [-0.25, -0.2) is 18.3 Å². The lowest BCUT2D eigenvalue weighted by atomic mass is 10.1. The van der Waals surface area contributed by atoms with Crippen molar-refractivity contribution >= 4 is 28.4 Å². The monoisotopic (exact) mass is 421 g/mol. The van der Waals surface area contributed by atoms with Crippen LogP contribution in [-0.4, -0.2) is 32.5 Å². The molecule has 0 spiro atoms. The number of rotatable bonds is 5. The number of benzene rings is 2. The average molecular weight is 421 g/mol. The Hall–Kier alpha value is -4.01. The molecular weight excluding hydrogens is 401 g/mol. The third kappa shape index (κ3) is 3.65. The van der Waals surface area contributed by atoms with E-state index in [1.807, 2.05) is 38.1 Å². The molecule has 2 aromatic carbocycles. The molecule has 9 heteroatoms. The van der Waals surface area contributed by atoms with Gasteiger partial charge in [-0.2, -0.15) is 0 Å². The summed E-state index contributed by atoms with van der Waals surface area (Å²) in [6, 6.07) is 11.2. The third-order valence-corrected chi connectivity index (χ3v) is 5.10. The Balaban J connectivity index is 1.57. The van der Waals surface area contributed by atoms with Gasteiger partial charge >= 0.3 is 5.69 Å². The van der Waals surface area contributed by atoms with E-state index >= 15 is 0 Å². The molecule has 4 rings (SSSR count). The number of aromatic nitrogens is 3. The standard InChI is InChI=1S/C22H20FN5O3/c1-12-3-4-14-10-13(2)20-26-27(22(31)28(20)18(14)9-12)8-7-25-21(30)16-6-5-15(19(24)29)11-17(16)23/h3-6,9-11H,7-8H2,1-2H3,(H2,24,29)(H,25,30). The van der Waals surface area contributed by atoms with E-state index < -0.39 is 17.6 Å². The summed E-state index contributed by atoms with van der Waals surface area (Å²) in [5.74, 6) is -2.30. The number of fused-ring (bicyclic) bond motifs is 3. The highest BCUT2D eigenvalue weighted by atomic mass is 19.1. The molecule has 2 amide bonds.